The monoisotopic (exact) mass is 212 g/mol. The van der Waals surface area contributed by atoms with Crippen LogP contribution in [0.1, 0.15) is 11.1 Å². The predicted molar refractivity (Wildman–Crippen MR) is 63.8 cm³/mol. The van der Waals surface area contributed by atoms with Crippen molar-refractivity contribution < 1.29 is 0 Å². The standard InChI is InChI=1S/C11H17ClSi/c1-9-6-5-7-10(2)11(9)13(3,4)8-12/h5-7H,8H2,1-4H3. The molecular formula is C11H17ClSi. The lowest BCUT2D eigenvalue weighted by Gasteiger charge is -2.24. The molecule has 0 aliphatic heterocycles. The van der Waals surface area contributed by atoms with Crippen LogP contribution in [0.4, 0.5) is 0 Å². The van der Waals surface area contributed by atoms with Crippen LogP contribution < -0.4 is 5.19 Å². The van der Waals surface area contributed by atoms with Crippen LogP contribution in [0.5, 0.6) is 0 Å². The molecule has 0 nitrogen and oxygen atoms in total. The quantitative estimate of drug-likeness (QED) is 0.523. The lowest BCUT2D eigenvalue weighted by Crippen LogP contribution is -2.46. The zero-order valence-electron chi connectivity index (χ0n) is 8.82. The second-order valence-corrected chi connectivity index (χ2v) is 9.62. The van der Waals surface area contributed by atoms with Gasteiger partial charge in [-0.3, -0.25) is 0 Å². The number of hydrogen-bond donors (Lipinski definition) is 0. The lowest BCUT2D eigenvalue weighted by molar-refractivity contribution is 1.41. The van der Waals surface area contributed by atoms with Crippen LogP contribution in [-0.4, -0.2) is 13.6 Å². The molecule has 0 bridgehead atoms. The number of alkyl halides is 1. The van der Waals surface area contributed by atoms with Crippen molar-refractivity contribution in [3.63, 3.8) is 0 Å². The Labute approximate surface area is 86.9 Å². The highest BCUT2D eigenvalue weighted by atomic mass is 35.5. The average molecular weight is 213 g/mol. The summed E-state index contributed by atoms with van der Waals surface area (Å²) in [6.45, 7) is 9.03. The Bertz CT molecular complexity index is 285. The fourth-order valence-corrected chi connectivity index (χ4v) is 4.79. The zero-order chi connectivity index (χ0) is 10.1. The smallest absolute Gasteiger partial charge is 0.0966 e. The highest BCUT2D eigenvalue weighted by Crippen LogP contribution is 2.11. The van der Waals surface area contributed by atoms with Crippen molar-refractivity contribution in [2.75, 3.05) is 5.50 Å². The molecule has 0 N–H and O–H groups in total. The highest BCUT2D eigenvalue weighted by Gasteiger charge is 2.25. The van der Waals surface area contributed by atoms with Crippen LogP contribution >= 0.6 is 11.6 Å². The minimum Gasteiger partial charge on any atom is -0.130 e. The molecule has 0 aromatic heterocycles. The van der Waals surface area contributed by atoms with Crippen LogP contribution in [0.3, 0.4) is 0 Å². The van der Waals surface area contributed by atoms with Crippen molar-refractivity contribution in [3.8, 4) is 0 Å². The Hall–Kier alpha value is -0.273. The molecule has 0 atom stereocenters. The molecule has 1 rings (SSSR count). The summed E-state index contributed by atoms with van der Waals surface area (Å²) in [7, 11) is -1.38. The van der Waals surface area contributed by atoms with E-state index in [2.05, 4.69) is 45.1 Å². The summed E-state index contributed by atoms with van der Waals surface area (Å²) < 4.78 is 0. The first-order valence-corrected chi connectivity index (χ1v) is 8.36. The molecule has 0 heterocycles. The maximum Gasteiger partial charge on any atom is 0.0966 e. The van der Waals surface area contributed by atoms with Crippen LogP contribution in [0, 0.1) is 13.8 Å². The van der Waals surface area contributed by atoms with Crippen LogP contribution in [0.25, 0.3) is 0 Å². The van der Waals surface area contributed by atoms with E-state index in [1.54, 1.807) is 0 Å². The number of rotatable bonds is 2. The van der Waals surface area contributed by atoms with Gasteiger partial charge in [0, 0.05) is 5.50 Å². The molecular weight excluding hydrogens is 196 g/mol. The van der Waals surface area contributed by atoms with Gasteiger partial charge in [-0.2, -0.15) is 0 Å². The summed E-state index contributed by atoms with van der Waals surface area (Å²) in [4.78, 5) is 0. The average Bonchev–Trinajstić information content (AvgIpc) is 2.03. The number of aryl methyl sites for hydroxylation is 2. The third-order valence-electron chi connectivity index (χ3n) is 2.49. The van der Waals surface area contributed by atoms with E-state index in [0.29, 0.717) is 0 Å². The van der Waals surface area contributed by atoms with Crippen molar-refractivity contribution in [3.05, 3.63) is 29.3 Å². The molecule has 0 unspecified atom stereocenters. The fraction of sp³-hybridized carbons (Fsp3) is 0.455. The summed E-state index contributed by atoms with van der Waals surface area (Å²) in [6.07, 6.45) is 0. The maximum absolute atomic E-state index is 6.03. The highest BCUT2D eigenvalue weighted by molar-refractivity contribution is 6.94. The van der Waals surface area contributed by atoms with E-state index in [-0.39, 0.29) is 0 Å². The first kappa shape index (κ1) is 10.8. The summed E-state index contributed by atoms with van der Waals surface area (Å²) in [6, 6.07) is 6.49. The van der Waals surface area contributed by atoms with Crippen molar-refractivity contribution in [2.45, 2.75) is 26.9 Å². The summed E-state index contributed by atoms with van der Waals surface area (Å²) >= 11 is 6.03. The Kier molecular flexibility index (Phi) is 3.20. The van der Waals surface area contributed by atoms with E-state index >= 15 is 0 Å². The Morgan fingerprint density at radius 3 is 2.00 bits per heavy atom. The van der Waals surface area contributed by atoms with Crippen LogP contribution in [0.15, 0.2) is 18.2 Å². The van der Waals surface area contributed by atoms with Crippen molar-refractivity contribution in [1.29, 1.82) is 0 Å². The van der Waals surface area contributed by atoms with Gasteiger partial charge >= 0.3 is 0 Å². The van der Waals surface area contributed by atoms with Crippen molar-refractivity contribution in [1.82, 2.24) is 0 Å². The van der Waals surface area contributed by atoms with Gasteiger partial charge in [0.15, 0.2) is 0 Å². The molecule has 1 aromatic carbocycles. The van der Waals surface area contributed by atoms with Gasteiger partial charge in [-0.1, -0.05) is 47.6 Å². The van der Waals surface area contributed by atoms with Gasteiger partial charge in [-0.25, -0.2) is 0 Å². The molecule has 0 amide bonds. The third kappa shape index (κ3) is 2.15. The number of hydrogen-bond acceptors (Lipinski definition) is 0. The topological polar surface area (TPSA) is 0 Å². The third-order valence-corrected chi connectivity index (χ3v) is 7.31. The molecule has 0 aliphatic rings. The lowest BCUT2D eigenvalue weighted by atomic mass is 10.2. The molecule has 0 aliphatic carbocycles. The molecule has 1 aromatic rings. The number of benzene rings is 1. The molecule has 0 radical (unpaired) electrons. The number of halogens is 1. The molecule has 72 valence electrons. The Morgan fingerprint density at radius 1 is 1.15 bits per heavy atom. The van der Waals surface area contributed by atoms with E-state index in [0.717, 1.165) is 5.50 Å². The van der Waals surface area contributed by atoms with Crippen LogP contribution in [0.2, 0.25) is 13.1 Å². The van der Waals surface area contributed by atoms with Crippen LogP contribution in [-0.2, 0) is 0 Å². The largest absolute Gasteiger partial charge is 0.130 e. The van der Waals surface area contributed by atoms with Gasteiger partial charge in [0.1, 0.15) is 0 Å². The normalized spacial score (nSPS) is 11.8. The molecule has 2 heteroatoms. The van der Waals surface area contributed by atoms with Gasteiger partial charge in [-0.15, -0.1) is 11.6 Å². The van der Waals surface area contributed by atoms with E-state index in [9.17, 15) is 0 Å². The Morgan fingerprint density at radius 2 is 1.62 bits per heavy atom. The van der Waals surface area contributed by atoms with Gasteiger partial charge in [0.05, 0.1) is 8.07 Å². The van der Waals surface area contributed by atoms with Crippen molar-refractivity contribution in [2.24, 2.45) is 0 Å². The van der Waals surface area contributed by atoms with Gasteiger partial charge in [-0.05, 0) is 13.8 Å². The molecule has 0 fully saturated rings. The first-order valence-electron chi connectivity index (χ1n) is 4.61. The zero-order valence-corrected chi connectivity index (χ0v) is 10.6. The molecule has 0 saturated carbocycles. The van der Waals surface area contributed by atoms with Gasteiger partial charge in [0.2, 0.25) is 0 Å². The Balaban J connectivity index is 3.28. The predicted octanol–water partition coefficient (Wildman–Crippen LogP) is 3.00. The van der Waals surface area contributed by atoms with Gasteiger partial charge in [0.25, 0.3) is 0 Å². The molecule has 0 saturated heterocycles. The minimum absolute atomic E-state index is 0.804. The fourth-order valence-electron chi connectivity index (χ4n) is 1.95. The summed E-state index contributed by atoms with van der Waals surface area (Å²) in [5.41, 5.74) is 3.60. The van der Waals surface area contributed by atoms with E-state index in [1.165, 1.54) is 16.3 Å². The van der Waals surface area contributed by atoms with Crippen molar-refractivity contribution >= 4 is 24.9 Å². The summed E-state index contributed by atoms with van der Waals surface area (Å²) in [5.74, 6) is 0. The van der Waals surface area contributed by atoms with Gasteiger partial charge < -0.3 is 0 Å². The molecule has 13 heavy (non-hydrogen) atoms. The first-order chi connectivity index (χ1) is 5.99. The van der Waals surface area contributed by atoms with E-state index in [4.69, 9.17) is 11.6 Å². The van der Waals surface area contributed by atoms with E-state index in [1.807, 2.05) is 0 Å². The molecule has 0 spiro atoms. The minimum atomic E-state index is -1.38. The maximum atomic E-state index is 6.03. The second kappa shape index (κ2) is 3.85. The second-order valence-electron chi connectivity index (χ2n) is 4.28. The summed E-state index contributed by atoms with van der Waals surface area (Å²) in [5, 5.41) is 1.53. The SMILES string of the molecule is Cc1cccc(C)c1[Si](C)(C)CCl. The van der Waals surface area contributed by atoms with E-state index < -0.39 is 8.07 Å².